The summed E-state index contributed by atoms with van der Waals surface area (Å²) in [6.45, 7) is 2.13. The fourth-order valence-electron chi connectivity index (χ4n) is 2.94. The van der Waals surface area contributed by atoms with Crippen LogP contribution in [0.15, 0.2) is 48.8 Å². The summed E-state index contributed by atoms with van der Waals surface area (Å²) < 4.78 is 41.3. The van der Waals surface area contributed by atoms with E-state index in [0.29, 0.717) is 0 Å². The third kappa shape index (κ3) is 5.17. The molecule has 25 heavy (non-hydrogen) atoms. The SMILES string of the molecule is FC(F)(F)COc1ccc(CN2CCNCC2c2ccncc2)cc1. The van der Waals surface area contributed by atoms with Gasteiger partial charge < -0.3 is 10.1 Å². The van der Waals surface area contributed by atoms with E-state index in [1.54, 1.807) is 24.5 Å². The Balaban J connectivity index is 1.64. The number of halogens is 3. The van der Waals surface area contributed by atoms with Crippen LogP contribution in [0.2, 0.25) is 0 Å². The number of pyridine rings is 1. The Kier molecular flexibility index (Phi) is 5.55. The van der Waals surface area contributed by atoms with Gasteiger partial charge in [-0.1, -0.05) is 12.1 Å². The molecule has 1 aromatic heterocycles. The Morgan fingerprint density at radius 2 is 1.84 bits per heavy atom. The third-order valence-electron chi connectivity index (χ3n) is 4.16. The second-order valence-corrected chi connectivity index (χ2v) is 6.02. The van der Waals surface area contributed by atoms with Gasteiger partial charge in [0.2, 0.25) is 0 Å². The number of nitrogens with zero attached hydrogens (tertiary/aromatic N) is 2. The van der Waals surface area contributed by atoms with Crippen molar-refractivity contribution in [1.82, 2.24) is 15.2 Å². The van der Waals surface area contributed by atoms with E-state index >= 15 is 0 Å². The highest BCUT2D eigenvalue weighted by atomic mass is 19.4. The molecule has 1 N–H and O–H groups in total. The van der Waals surface area contributed by atoms with E-state index in [4.69, 9.17) is 4.74 Å². The lowest BCUT2D eigenvalue weighted by Gasteiger charge is -2.36. The second kappa shape index (κ2) is 7.84. The minimum atomic E-state index is -4.32. The maximum atomic E-state index is 12.2. The molecule has 4 nitrogen and oxygen atoms in total. The van der Waals surface area contributed by atoms with E-state index in [1.807, 2.05) is 24.3 Å². The van der Waals surface area contributed by atoms with Crippen LogP contribution >= 0.6 is 0 Å². The summed E-state index contributed by atoms with van der Waals surface area (Å²) in [5, 5.41) is 3.40. The topological polar surface area (TPSA) is 37.4 Å². The average molecular weight is 351 g/mol. The molecular weight excluding hydrogens is 331 g/mol. The van der Waals surface area contributed by atoms with Crippen LogP contribution < -0.4 is 10.1 Å². The largest absolute Gasteiger partial charge is 0.484 e. The quantitative estimate of drug-likeness (QED) is 0.898. The van der Waals surface area contributed by atoms with Crippen molar-refractivity contribution in [3.63, 3.8) is 0 Å². The van der Waals surface area contributed by atoms with E-state index in [9.17, 15) is 13.2 Å². The molecule has 1 aliphatic heterocycles. The van der Waals surface area contributed by atoms with Crippen LogP contribution in [0.3, 0.4) is 0 Å². The van der Waals surface area contributed by atoms with Gasteiger partial charge in [0.05, 0.1) is 0 Å². The summed E-state index contributed by atoms with van der Waals surface area (Å²) in [4.78, 5) is 6.42. The minimum Gasteiger partial charge on any atom is -0.484 e. The van der Waals surface area contributed by atoms with Crippen molar-refractivity contribution in [1.29, 1.82) is 0 Å². The lowest BCUT2D eigenvalue weighted by Crippen LogP contribution is -2.45. The molecule has 1 atom stereocenters. The number of hydrogen-bond acceptors (Lipinski definition) is 4. The smallest absolute Gasteiger partial charge is 0.422 e. The molecule has 0 spiro atoms. The fraction of sp³-hybridized carbons (Fsp3) is 0.389. The maximum absolute atomic E-state index is 12.2. The number of ether oxygens (including phenoxy) is 1. The van der Waals surface area contributed by atoms with Crippen LogP contribution in [-0.4, -0.2) is 42.3 Å². The molecule has 1 unspecified atom stereocenters. The first kappa shape index (κ1) is 17.7. The van der Waals surface area contributed by atoms with Gasteiger partial charge in [-0.2, -0.15) is 13.2 Å². The first-order valence-electron chi connectivity index (χ1n) is 8.14. The average Bonchev–Trinajstić information content (AvgIpc) is 2.62. The number of hydrogen-bond donors (Lipinski definition) is 1. The van der Waals surface area contributed by atoms with Gasteiger partial charge in [-0.25, -0.2) is 0 Å². The van der Waals surface area contributed by atoms with Crippen molar-refractivity contribution in [3.05, 3.63) is 59.9 Å². The van der Waals surface area contributed by atoms with E-state index in [2.05, 4.69) is 15.2 Å². The minimum absolute atomic E-state index is 0.229. The van der Waals surface area contributed by atoms with E-state index in [0.717, 1.165) is 31.7 Å². The highest BCUT2D eigenvalue weighted by molar-refractivity contribution is 5.28. The Morgan fingerprint density at radius 1 is 1.12 bits per heavy atom. The summed E-state index contributed by atoms with van der Waals surface area (Å²) >= 11 is 0. The molecule has 0 aliphatic carbocycles. The van der Waals surface area contributed by atoms with Crippen LogP contribution in [0.25, 0.3) is 0 Å². The van der Waals surface area contributed by atoms with Crippen LogP contribution in [0, 0.1) is 0 Å². The van der Waals surface area contributed by atoms with Gasteiger partial charge in [-0.3, -0.25) is 9.88 Å². The highest BCUT2D eigenvalue weighted by Gasteiger charge is 2.28. The molecule has 1 aliphatic rings. The maximum Gasteiger partial charge on any atom is 0.422 e. The molecule has 0 radical (unpaired) electrons. The Hall–Kier alpha value is -2.12. The predicted octanol–water partition coefficient (Wildman–Crippen LogP) is 3.17. The van der Waals surface area contributed by atoms with Crippen LogP contribution in [0.4, 0.5) is 13.2 Å². The van der Waals surface area contributed by atoms with Crippen molar-refractivity contribution in [2.75, 3.05) is 26.2 Å². The molecular formula is C18H20F3N3O. The Bertz CT molecular complexity index is 662. The molecule has 3 rings (SSSR count). The Morgan fingerprint density at radius 3 is 2.52 bits per heavy atom. The van der Waals surface area contributed by atoms with Gasteiger partial charge >= 0.3 is 6.18 Å². The fourth-order valence-corrected chi connectivity index (χ4v) is 2.94. The van der Waals surface area contributed by atoms with Gasteiger partial charge in [0.25, 0.3) is 0 Å². The molecule has 2 aromatic rings. The van der Waals surface area contributed by atoms with Crippen LogP contribution in [0.5, 0.6) is 5.75 Å². The van der Waals surface area contributed by atoms with Gasteiger partial charge in [-0.15, -0.1) is 0 Å². The van der Waals surface area contributed by atoms with Crippen LogP contribution in [0.1, 0.15) is 17.2 Å². The normalized spacial score (nSPS) is 18.9. The molecule has 0 saturated carbocycles. The van der Waals surface area contributed by atoms with Gasteiger partial charge in [0.1, 0.15) is 5.75 Å². The number of alkyl halides is 3. The molecule has 0 amide bonds. The lowest BCUT2D eigenvalue weighted by molar-refractivity contribution is -0.153. The van der Waals surface area contributed by atoms with Crippen molar-refractivity contribution >= 4 is 0 Å². The zero-order valence-electron chi connectivity index (χ0n) is 13.7. The summed E-state index contributed by atoms with van der Waals surface area (Å²) in [6.07, 6.45) is -0.749. The summed E-state index contributed by atoms with van der Waals surface area (Å²) in [6, 6.07) is 11.1. The standard InChI is InChI=1S/C18H20F3N3O/c19-18(20,21)13-25-16-3-1-14(2-4-16)12-24-10-9-23-11-17(24)15-5-7-22-8-6-15/h1-8,17,23H,9-13H2. The number of piperazine rings is 1. The second-order valence-electron chi connectivity index (χ2n) is 6.02. The van der Waals surface area contributed by atoms with E-state index < -0.39 is 12.8 Å². The van der Waals surface area contributed by atoms with Gasteiger partial charge in [0.15, 0.2) is 6.61 Å². The number of rotatable bonds is 5. The van der Waals surface area contributed by atoms with Crippen molar-refractivity contribution < 1.29 is 17.9 Å². The van der Waals surface area contributed by atoms with Crippen molar-refractivity contribution in [2.45, 2.75) is 18.8 Å². The molecule has 0 bridgehead atoms. The molecule has 2 heterocycles. The first-order chi connectivity index (χ1) is 12.0. The molecule has 7 heteroatoms. The molecule has 134 valence electrons. The zero-order chi connectivity index (χ0) is 17.7. The highest BCUT2D eigenvalue weighted by Crippen LogP contribution is 2.25. The van der Waals surface area contributed by atoms with Crippen molar-refractivity contribution in [3.8, 4) is 5.75 Å². The van der Waals surface area contributed by atoms with Crippen molar-refractivity contribution in [2.24, 2.45) is 0 Å². The van der Waals surface area contributed by atoms with Gasteiger partial charge in [-0.05, 0) is 35.4 Å². The molecule has 1 aromatic carbocycles. The number of benzene rings is 1. The van der Waals surface area contributed by atoms with E-state index in [-0.39, 0.29) is 11.8 Å². The predicted molar refractivity (Wildman–Crippen MR) is 88.2 cm³/mol. The first-order valence-corrected chi connectivity index (χ1v) is 8.14. The monoisotopic (exact) mass is 351 g/mol. The third-order valence-corrected chi connectivity index (χ3v) is 4.16. The summed E-state index contributed by atoms with van der Waals surface area (Å²) in [5.74, 6) is 0.229. The number of aromatic nitrogens is 1. The molecule has 1 fully saturated rings. The summed E-state index contributed by atoms with van der Waals surface area (Å²) in [7, 11) is 0. The molecule has 1 saturated heterocycles. The van der Waals surface area contributed by atoms with Crippen LogP contribution in [-0.2, 0) is 6.54 Å². The van der Waals surface area contributed by atoms with E-state index in [1.165, 1.54) is 5.56 Å². The van der Waals surface area contributed by atoms with Gasteiger partial charge in [0, 0.05) is 44.6 Å². The summed E-state index contributed by atoms with van der Waals surface area (Å²) in [5.41, 5.74) is 2.24. The number of nitrogens with one attached hydrogen (secondary N) is 1. The Labute approximate surface area is 144 Å². The lowest BCUT2D eigenvalue weighted by atomic mass is 10.0. The zero-order valence-corrected chi connectivity index (χ0v) is 13.7.